The van der Waals surface area contributed by atoms with Gasteiger partial charge in [0, 0.05) is 34.0 Å². The van der Waals surface area contributed by atoms with E-state index in [1.54, 1.807) is 19.0 Å². The molecule has 0 radical (unpaired) electrons. The lowest BCUT2D eigenvalue weighted by Gasteiger charge is -2.20. The largest absolute Gasteiger partial charge is 0.489 e. The molecule has 1 fully saturated rings. The van der Waals surface area contributed by atoms with E-state index < -0.39 is 24.2 Å². The minimum Gasteiger partial charge on any atom is -0.489 e. The number of halogens is 3. The van der Waals surface area contributed by atoms with E-state index in [0.717, 1.165) is 11.9 Å². The van der Waals surface area contributed by atoms with Gasteiger partial charge in [-0.05, 0) is 24.6 Å². The summed E-state index contributed by atoms with van der Waals surface area (Å²) in [7, 11) is 3.35. The van der Waals surface area contributed by atoms with E-state index in [1.807, 2.05) is 31.2 Å². The van der Waals surface area contributed by atoms with Crippen LogP contribution in [0, 0.1) is 5.82 Å². The summed E-state index contributed by atoms with van der Waals surface area (Å²) in [6.07, 6.45) is 1.51. The highest BCUT2D eigenvalue weighted by Crippen LogP contribution is 2.28. The lowest BCUT2D eigenvalue weighted by molar-refractivity contribution is -0.0253. The number of benzene rings is 1. The Balaban J connectivity index is 1.58. The normalized spacial score (nSPS) is 16.9. The van der Waals surface area contributed by atoms with Crippen molar-refractivity contribution in [2.75, 3.05) is 38.7 Å². The van der Waals surface area contributed by atoms with Gasteiger partial charge in [0.05, 0.1) is 12.6 Å². The lowest BCUT2D eigenvalue weighted by atomic mass is 10.1. The number of amides is 2. The van der Waals surface area contributed by atoms with Crippen molar-refractivity contribution in [2.24, 2.45) is 0 Å². The molecule has 1 N–H and O–H groups in total. The number of hydrogen-bond donors (Lipinski definition) is 1. The van der Waals surface area contributed by atoms with Gasteiger partial charge in [-0.2, -0.15) is 9.37 Å². The number of aromatic nitrogens is 2. The van der Waals surface area contributed by atoms with E-state index >= 15 is 0 Å². The van der Waals surface area contributed by atoms with Crippen LogP contribution in [0.1, 0.15) is 31.9 Å². The quantitative estimate of drug-likeness (QED) is 0.639. The van der Waals surface area contributed by atoms with Crippen LogP contribution in [-0.4, -0.2) is 66.7 Å². The van der Waals surface area contributed by atoms with Crippen molar-refractivity contribution in [2.45, 2.75) is 38.3 Å². The minimum atomic E-state index is -3.10. The van der Waals surface area contributed by atoms with Gasteiger partial charge in [0.2, 0.25) is 5.82 Å². The summed E-state index contributed by atoms with van der Waals surface area (Å²) in [6.45, 7) is 2.45. The van der Waals surface area contributed by atoms with E-state index in [1.165, 1.54) is 4.90 Å². The van der Waals surface area contributed by atoms with Gasteiger partial charge in [0.25, 0.3) is 11.8 Å². The number of nitrogens with one attached hydrogen (secondary N) is 1. The summed E-state index contributed by atoms with van der Waals surface area (Å²) in [5.41, 5.74) is 0.929. The van der Waals surface area contributed by atoms with Gasteiger partial charge in [-0.25, -0.2) is 18.6 Å². The number of alkyl halides is 2. The van der Waals surface area contributed by atoms with Gasteiger partial charge in [0.1, 0.15) is 18.2 Å². The number of nitrogens with zero attached hydrogens (tertiary/aromatic N) is 4. The molecule has 0 saturated carbocycles. The zero-order valence-corrected chi connectivity index (χ0v) is 19.0. The van der Waals surface area contributed by atoms with Gasteiger partial charge in [-0.15, -0.1) is 0 Å². The van der Waals surface area contributed by atoms with Crippen LogP contribution in [0.25, 0.3) is 0 Å². The van der Waals surface area contributed by atoms with Gasteiger partial charge >= 0.3 is 6.03 Å². The maximum atomic E-state index is 14.7. The topological polar surface area (TPSA) is 79.8 Å². The van der Waals surface area contributed by atoms with Crippen LogP contribution in [0.3, 0.4) is 0 Å². The van der Waals surface area contributed by atoms with Crippen molar-refractivity contribution in [1.29, 1.82) is 0 Å². The molecule has 0 bridgehead atoms. The summed E-state index contributed by atoms with van der Waals surface area (Å²) in [4.78, 5) is 22.5. The summed E-state index contributed by atoms with van der Waals surface area (Å²) in [6, 6.07) is 7.04. The number of ether oxygens (including phenoxy) is 2. The molecule has 1 aliphatic heterocycles. The van der Waals surface area contributed by atoms with E-state index in [9.17, 15) is 18.0 Å². The summed E-state index contributed by atoms with van der Waals surface area (Å²) in [5, 5.41) is 2.88. The van der Waals surface area contributed by atoms with E-state index in [4.69, 9.17) is 9.47 Å². The van der Waals surface area contributed by atoms with Crippen LogP contribution in [0.4, 0.5) is 23.8 Å². The number of carbonyl (C=O) groups is 1. The van der Waals surface area contributed by atoms with Crippen molar-refractivity contribution >= 4 is 11.8 Å². The first-order valence-electron chi connectivity index (χ1n) is 10.5. The molecule has 3 rings (SSSR count). The third-order valence-electron chi connectivity index (χ3n) is 5.07. The maximum absolute atomic E-state index is 14.7. The van der Waals surface area contributed by atoms with Gasteiger partial charge in [-0.1, -0.05) is 12.1 Å². The lowest BCUT2D eigenvalue weighted by Crippen LogP contribution is -2.36. The van der Waals surface area contributed by atoms with Crippen molar-refractivity contribution in [3.05, 3.63) is 42.0 Å². The zero-order valence-electron chi connectivity index (χ0n) is 19.0. The molecule has 33 heavy (non-hydrogen) atoms. The third kappa shape index (κ3) is 6.62. The van der Waals surface area contributed by atoms with E-state index in [2.05, 4.69) is 15.3 Å². The summed E-state index contributed by atoms with van der Waals surface area (Å²) >= 11 is 0. The highest BCUT2D eigenvalue weighted by atomic mass is 19.3. The second kappa shape index (κ2) is 10.1. The van der Waals surface area contributed by atoms with Crippen LogP contribution in [0.15, 0.2) is 30.6 Å². The Bertz CT molecular complexity index is 953. The van der Waals surface area contributed by atoms with Crippen molar-refractivity contribution in [3.8, 4) is 11.6 Å². The van der Waals surface area contributed by atoms with Gasteiger partial charge in [-0.3, -0.25) is 0 Å². The van der Waals surface area contributed by atoms with Gasteiger partial charge in [0.15, 0.2) is 12.4 Å². The number of anilines is 1. The van der Waals surface area contributed by atoms with E-state index in [-0.39, 0.29) is 24.0 Å². The molecule has 1 aliphatic rings. The third-order valence-corrected chi connectivity index (χ3v) is 5.07. The SMILES string of the molecule is C[C@H](NC(=O)N(C)C)c1ccc(O[C@@H]2CCN(c3ncnc(OCC(C)(F)F)c3F)C2)cc1. The van der Waals surface area contributed by atoms with E-state index in [0.29, 0.717) is 32.2 Å². The number of hydrogen-bond acceptors (Lipinski definition) is 6. The molecule has 11 heteroatoms. The Morgan fingerprint density at radius 1 is 1.30 bits per heavy atom. The molecular weight excluding hydrogens is 439 g/mol. The zero-order chi connectivity index (χ0) is 24.2. The second-order valence-corrected chi connectivity index (χ2v) is 8.28. The highest BCUT2D eigenvalue weighted by molar-refractivity contribution is 5.74. The number of carbonyl (C=O) groups excluding carboxylic acids is 1. The molecule has 180 valence electrons. The van der Waals surface area contributed by atoms with Gasteiger partial charge < -0.3 is 24.6 Å². The molecule has 2 aromatic rings. The maximum Gasteiger partial charge on any atom is 0.317 e. The molecule has 1 aromatic heterocycles. The predicted octanol–water partition coefficient (Wildman–Crippen LogP) is 3.64. The smallest absolute Gasteiger partial charge is 0.317 e. The van der Waals surface area contributed by atoms with Crippen molar-refractivity contribution < 1.29 is 27.4 Å². The summed E-state index contributed by atoms with van der Waals surface area (Å²) < 4.78 is 51.6. The van der Waals surface area contributed by atoms with Crippen LogP contribution in [0.2, 0.25) is 0 Å². The Hall–Kier alpha value is -3.24. The second-order valence-electron chi connectivity index (χ2n) is 8.28. The van der Waals surface area contributed by atoms with Crippen LogP contribution in [0.5, 0.6) is 11.6 Å². The molecule has 8 nitrogen and oxygen atoms in total. The molecule has 2 amide bonds. The minimum absolute atomic E-state index is 0.00803. The number of rotatable bonds is 8. The molecule has 0 unspecified atom stereocenters. The van der Waals surface area contributed by atoms with Crippen molar-refractivity contribution in [1.82, 2.24) is 20.2 Å². The first-order chi connectivity index (χ1) is 15.5. The molecular formula is C22H28F3N5O3. The van der Waals surface area contributed by atoms with Crippen molar-refractivity contribution in [3.63, 3.8) is 0 Å². The Kier molecular flexibility index (Phi) is 7.50. The number of urea groups is 1. The molecule has 0 aliphatic carbocycles. The van der Waals surface area contributed by atoms with Crippen LogP contribution < -0.4 is 19.7 Å². The first kappa shape index (κ1) is 24.4. The van der Waals surface area contributed by atoms with Crippen LogP contribution >= 0.6 is 0 Å². The Morgan fingerprint density at radius 3 is 2.64 bits per heavy atom. The highest BCUT2D eigenvalue weighted by Gasteiger charge is 2.30. The fraction of sp³-hybridized carbons (Fsp3) is 0.500. The first-order valence-corrected chi connectivity index (χ1v) is 10.5. The molecule has 1 aromatic carbocycles. The molecule has 2 atom stereocenters. The summed E-state index contributed by atoms with van der Waals surface area (Å²) in [5.74, 6) is -3.84. The Labute approximate surface area is 190 Å². The fourth-order valence-electron chi connectivity index (χ4n) is 3.30. The standard InChI is InChI=1S/C22H28F3N5O3/c1-14(28-21(31)29(3)4)15-5-7-16(8-6-15)33-17-9-10-30(11-17)19-18(23)20(27-13-26-19)32-12-22(2,24)25/h5-8,13-14,17H,9-12H2,1-4H3,(H,28,31)/t14-,17+/m0/s1. The molecule has 0 spiro atoms. The fourth-order valence-corrected chi connectivity index (χ4v) is 3.30. The monoisotopic (exact) mass is 467 g/mol. The average Bonchev–Trinajstić information content (AvgIpc) is 3.21. The average molecular weight is 467 g/mol. The van der Waals surface area contributed by atoms with Crippen LogP contribution in [-0.2, 0) is 0 Å². The predicted molar refractivity (Wildman–Crippen MR) is 116 cm³/mol. The molecule has 1 saturated heterocycles. The Morgan fingerprint density at radius 2 is 2.00 bits per heavy atom. The molecule has 2 heterocycles.